The molecular weight excluding hydrogens is 415 g/mol. The topological polar surface area (TPSA) is 73.8 Å². The molecule has 3 rings (SSSR count). The maximum atomic E-state index is 12.7. The molecule has 0 N–H and O–H groups in total. The fourth-order valence-electron chi connectivity index (χ4n) is 2.97. The Labute approximate surface area is 178 Å². The maximum absolute atomic E-state index is 12.7. The Balaban J connectivity index is 1.67. The van der Waals surface area contributed by atoms with Gasteiger partial charge >= 0.3 is 18.3 Å². The highest BCUT2D eigenvalue weighted by atomic mass is 19.4. The Hall–Kier alpha value is -2.88. The first-order valence-corrected chi connectivity index (χ1v) is 9.70. The zero-order chi connectivity index (χ0) is 22.6. The Morgan fingerprint density at radius 3 is 2.26 bits per heavy atom. The van der Waals surface area contributed by atoms with Crippen molar-refractivity contribution in [2.45, 2.75) is 51.4 Å². The van der Waals surface area contributed by atoms with Crippen LogP contribution >= 0.6 is 0 Å². The van der Waals surface area contributed by atoms with Crippen LogP contribution in [0.4, 0.5) is 18.0 Å². The van der Waals surface area contributed by atoms with Gasteiger partial charge in [0.1, 0.15) is 17.8 Å². The van der Waals surface area contributed by atoms with Crippen molar-refractivity contribution in [2.24, 2.45) is 0 Å². The second-order valence-corrected chi connectivity index (χ2v) is 8.12. The van der Waals surface area contributed by atoms with E-state index in [4.69, 9.17) is 14.2 Å². The van der Waals surface area contributed by atoms with Gasteiger partial charge in [0.05, 0.1) is 25.3 Å². The summed E-state index contributed by atoms with van der Waals surface area (Å²) in [6, 6.07) is 6.52. The number of hydrogen-bond acceptors (Lipinski definition) is 6. The summed E-state index contributed by atoms with van der Waals surface area (Å²) >= 11 is 0. The van der Waals surface area contributed by atoms with Crippen LogP contribution in [0.2, 0.25) is 0 Å². The van der Waals surface area contributed by atoms with E-state index in [-0.39, 0.29) is 25.7 Å². The smallest absolute Gasteiger partial charge is 0.416 e. The Morgan fingerprint density at radius 1 is 1.06 bits per heavy atom. The number of nitrogens with zero attached hydrogens (tertiary/aromatic N) is 3. The predicted molar refractivity (Wildman–Crippen MR) is 104 cm³/mol. The minimum Gasteiger partial charge on any atom is -0.455 e. The summed E-state index contributed by atoms with van der Waals surface area (Å²) in [5.41, 5.74) is -0.816. The third kappa shape index (κ3) is 6.55. The number of rotatable bonds is 5. The summed E-state index contributed by atoms with van der Waals surface area (Å²) in [6.45, 7) is 5.76. The fourth-order valence-corrected chi connectivity index (χ4v) is 2.97. The van der Waals surface area contributed by atoms with Crippen molar-refractivity contribution in [3.63, 3.8) is 0 Å². The summed E-state index contributed by atoms with van der Waals surface area (Å²) in [6.07, 6.45) is -2.95. The van der Waals surface area contributed by atoms with Gasteiger partial charge < -0.3 is 19.1 Å². The molecule has 0 saturated carbocycles. The molecule has 0 unspecified atom stereocenters. The number of amides is 1. The van der Waals surface area contributed by atoms with Crippen LogP contribution in [0.3, 0.4) is 0 Å². The van der Waals surface area contributed by atoms with Crippen LogP contribution in [0, 0.1) is 0 Å². The van der Waals surface area contributed by atoms with E-state index in [1.165, 1.54) is 29.4 Å². The first-order valence-electron chi connectivity index (χ1n) is 9.70. The zero-order valence-corrected chi connectivity index (χ0v) is 17.4. The highest BCUT2D eigenvalue weighted by Gasteiger charge is 2.40. The average molecular weight is 439 g/mol. The van der Waals surface area contributed by atoms with Gasteiger partial charge in [-0.1, -0.05) is 12.1 Å². The molecule has 1 saturated heterocycles. The lowest BCUT2D eigenvalue weighted by molar-refractivity contribution is -0.137. The number of aromatic nitrogens is 2. The molecule has 31 heavy (non-hydrogen) atoms. The number of likely N-dealkylation sites (tertiary alicyclic amines) is 1. The van der Waals surface area contributed by atoms with Crippen molar-refractivity contribution in [3.05, 3.63) is 53.9 Å². The Morgan fingerprint density at radius 2 is 1.68 bits per heavy atom. The first-order chi connectivity index (χ1) is 14.5. The summed E-state index contributed by atoms with van der Waals surface area (Å²) in [5.74, 6) is 0. The molecule has 2 atom stereocenters. The normalized spacial score (nSPS) is 19.4. The number of ether oxygens (including phenoxy) is 3. The van der Waals surface area contributed by atoms with Crippen LogP contribution < -0.4 is 4.74 Å². The van der Waals surface area contributed by atoms with Crippen LogP contribution in [0.25, 0.3) is 0 Å². The van der Waals surface area contributed by atoms with Gasteiger partial charge in [0.2, 0.25) is 0 Å². The molecule has 2 aromatic rings. The Bertz CT molecular complexity index is 870. The number of carbonyl (C=O) groups excluding carboxylic acids is 1. The standard InChI is InChI=1S/C21H24F3N3O4/c1-20(2,3)31-19(28)27-11-16(17(12-27)30-18-25-9-4-10-26-18)29-13-14-5-7-15(8-6-14)21(22,23)24/h4-10,16-17H,11-13H2,1-3H3/t16-,17-/m0/s1. The molecule has 1 aliphatic heterocycles. The molecule has 0 radical (unpaired) electrons. The van der Waals surface area contributed by atoms with Crippen LogP contribution in [0.5, 0.6) is 6.01 Å². The molecule has 10 heteroatoms. The van der Waals surface area contributed by atoms with Crippen LogP contribution in [-0.2, 0) is 22.3 Å². The lowest BCUT2D eigenvalue weighted by Gasteiger charge is -2.24. The molecule has 1 fully saturated rings. The minimum atomic E-state index is -4.40. The van der Waals surface area contributed by atoms with Gasteiger partial charge in [-0.25, -0.2) is 14.8 Å². The van der Waals surface area contributed by atoms with E-state index >= 15 is 0 Å². The second kappa shape index (κ2) is 9.09. The van der Waals surface area contributed by atoms with Crippen molar-refractivity contribution in [1.82, 2.24) is 14.9 Å². The third-order valence-corrected chi connectivity index (χ3v) is 4.41. The molecule has 0 bridgehead atoms. The number of hydrogen-bond donors (Lipinski definition) is 0. The first kappa shape index (κ1) is 22.8. The average Bonchev–Trinajstić information content (AvgIpc) is 3.08. The Kier molecular flexibility index (Phi) is 6.68. The van der Waals surface area contributed by atoms with Crippen molar-refractivity contribution < 1.29 is 32.2 Å². The molecule has 1 aromatic carbocycles. The van der Waals surface area contributed by atoms with Gasteiger partial charge in [-0.3, -0.25) is 0 Å². The lowest BCUT2D eigenvalue weighted by Crippen LogP contribution is -2.36. The molecule has 0 spiro atoms. The van der Waals surface area contributed by atoms with Crippen molar-refractivity contribution in [3.8, 4) is 6.01 Å². The molecule has 7 nitrogen and oxygen atoms in total. The summed E-state index contributed by atoms with van der Waals surface area (Å²) in [7, 11) is 0. The molecule has 0 aliphatic carbocycles. The van der Waals surface area contributed by atoms with Crippen LogP contribution in [0.15, 0.2) is 42.7 Å². The van der Waals surface area contributed by atoms with E-state index in [9.17, 15) is 18.0 Å². The number of halogens is 3. The van der Waals surface area contributed by atoms with E-state index in [0.717, 1.165) is 12.1 Å². The van der Waals surface area contributed by atoms with Crippen molar-refractivity contribution in [1.29, 1.82) is 0 Å². The summed E-state index contributed by atoms with van der Waals surface area (Å²) in [5, 5.41) is 0. The summed E-state index contributed by atoms with van der Waals surface area (Å²) < 4.78 is 55.3. The van der Waals surface area contributed by atoms with Crippen LogP contribution in [-0.4, -0.2) is 51.9 Å². The fraction of sp³-hybridized carbons (Fsp3) is 0.476. The summed E-state index contributed by atoms with van der Waals surface area (Å²) in [4.78, 5) is 22.0. The van der Waals surface area contributed by atoms with E-state index in [2.05, 4.69) is 9.97 Å². The van der Waals surface area contributed by atoms with Gasteiger partial charge in [-0.2, -0.15) is 13.2 Å². The van der Waals surface area contributed by atoms with E-state index in [0.29, 0.717) is 5.56 Å². The van der Waals surface area contributed by atoms with Gasteiger partial charge in [-0.05, 0) is 44.5 Å². The predicted octanol–water partition coefficient (Wildman–Crippen LogP) is 4.08. The van der Waals surface area contributed by atoms with E-state index in [1.807, 2.05) is 0 Å². The highest BCUT2D eigenvalue weighted by Crippen LogP contribution is 2.29. The molecule has 2 heterocycles. The zero-order valence-electron chi connectivity index (χ0n) is 17.4. The molecular formula is C21H24F3N3O4. The van der Waals surface area contributed by atoms with Gasteiger partial charge in [-0.15, -0.1) is 0 Å². The molecule has 1 amide bonds. The SMILES string of the molecule is CC(C)(C)OC(=O)N1C[C@H](OCc2ccc(C(F)(F)F)cc2)[C@@H](Oc2ncccn2)C1. The maximum Gasteiger partial charge on any atom is 0.416 e. The number of carbonyl (C=O) groups is 1. The van der Waals surface area contributed by atoms with Crippen molar-refractivity contribution in [2.75, 3.05) is 13.1 Å². The van der Waals surface area contributed by atoms with Gasteiger partial charge in [0.15, 0.2) is 0 Å². The molecule has 1 aromatic heterocycles. The second-order valence-electron chi connectivity index (χ2n) is 8.12. The quantitative estimate of drug-likeness (QED) is 0.699. The van der Waals surface area contributed by atoms with Gasteiger partial charge in [0.25, 0.3) is 0 Å². The van der Waals surface area contributed by atoms with E-state index < -0.39 is 35.6 Å². The highest BCUT2D eigenvalue weighted by molar-refractivity contribution is 5.68. The monoisotopic (exact) mass is 439 g/mol. The lowest BCUT2D eigenvalue weighted by atomic mass is 10.1. The van der Waals surface area contributed by atoms with Crippen molar-refractivity contribution >= 4 is 6.09 Å². The van der Waals surface area contributed by atoms with Gasteiger partial charge in [0, 0.05) is 12.4 Å². The number of benzene rings is 1. The molecule has 168 valence electrons. The number of alkyl halides is 3. The largest absolute Gasteiger partial charge is 0.455 e. The minimum absolute atomic E-state index is 0.0560. The van der Waals surface area contributed by atoms with Crippen LogP contribution in [0.1, 0.15) is 31.9 Å². The van der Waals surface area contributed by atoms with E-state index in [1.54, 1.807) is 26.8 Å². The molecule has 1 aliphatic rings. The third-order valence-electron chi connectivity index (χ3n) is 4.41.